The minimum atomic E-state index is -0.239. The maximum Gasteiger partial charge on any atom is 0.247 e. The molecule has 0 bridgehead atoms. The molecule has 3 rings (SSSR count). The maximum absolute atomic E-state index is 11.3. The number of carbonyl (C=O) groups excluding carboxylic acids is 1. The zero-order chi connectivity index (χ0) is 15.5. The summed E-state index contributed by atoms with van der Waals surface area (Å²) >= 11 is 5.86. The summed E-state index contributed by atoms with van der Waals surface area (Å²) < 4.78 is 5.68. The molecule has 1 atom stereocenters. The Kier molecular flexibility index (Phi) is 4.40. The molecule has 0 saturated carbocycles. The van der Waals surface area contributed by atoms with E-state index in [9.17, 15) is 4.79 Å². The molecule has 116 valence electrons. The van der Waals surface area contributed by atoms with Gasteiger partial charge in [-0.2, -0.15) is 0 Å². The molecule has 22 heavy (non-hydrogen) atoms. The van der Waals surface area contributed by atoms with Crippen molar-refractivity contribution in [3.05, 3.63) is 35.2 Å². The first-order chi connectivity index (χ1) is 10.6. The summed E-state index contributed by atoms with van der Waals surface area (Å²) in [5.41, 5.74) is 6.22. The lowest BCUT2D eigenvalue weighted by Crippen LogP contribution is -2.40. The number of hydrogen-bond acceptors (Lipinski definition) is 5. The number of halogens is 1. The van der Waals surface area contributed by atoms with E-state index in [1.807, 2.05) is 12.1 Å². The van der Waals surface area contributed by atoms with E-state index in [1.165, 1.54) is 0 Å². The fourth-order valence-electron chi connectivity index (χ4n) is 2.65. The summed E-state index contributed by atoms with van der Waals surface area (Å²) in [6.07, 6.45) is 1.80. The molecular weight excluding hydrogens is 304 g/mol. The largest absolute Gasteiger partial charge is 0.419 e. The SMILES string of the molecule is NC(=O)[C@@H]1CCCN(Cc2nnc(-c3ccc(Cl)cc3)o2)C1. The van der Waals surface area contributed by atoms with Crippen molar-refractivity contribution in [3.63, 3.8) is 0 Å². The Labute approximate surface area is 133 Å². The topological polar surface area (TPSA) is 85.3 Å². The van der Waals surface area contributed by atoms with Gasteiger partial charge < -0.3 is 10.2 Å². The minimum Gasteiger partial charge on any atom is -0.419 e. The second kappa shape index (κ2) is 6.46. The second-order valence-corrected chi connectivity index (χ2v) is 5.92. The molecule has 1 fully saturated rings. The summed E-state index contributed by atoms with van der Waals surface area (Å²) in [5, 5.41) is 8.79. The van der Waals surface area contributed by atoms with Gasteiger partial charge in [-0.15, -0.1) is 10.2 Å². The lowest BCUT2D eigenvalue weighted by atomic mass is 9.97. The van der Waals surface area contributed by atoms with Crippen LogP contribution in [0.4, 0.5) is 0 Å². The number of nitrogens with two attached hydrogens (primary N) is 1. The molecule has 1 aromatic carbocycles. The number of rotatable bonds is 4. The zero-order valence-corrected chi connectivity index (χ0v) is 12.8. The van der Waals surface area contributed by atoms with Crippen molar-refractivity contribution in [2.24, 2.45) is 11.7 Å². The molecule has 0 spiro atoms. The number of likely N-dealkylation sites (tertiary alicyclic amines) is 1. The Morgan fingerprint density at radius 2 is 2.14 bits per heavy atom. The summed E-state index contributed by atoms with van der Waals surface area (Å²) in [4.78, 5) is 13.4. The van der Waals surface area contributed by atoms with Gasteiger partial charge in [-0.1, -0.05) is 11.6 Å². The van der Waals surface area contributed by atoms with Gasteiger partial charge in [-0.05, 0) is 43.7 Å². The molecule has 0 aliphatic carbocycles. The predicted molar refractivity (Wildman–Crippen MR) is 81.9 cm³/mol. The third-order valence-electron chi connectivity index (χ3n) is 3.82. The molecule has 1 aromatic heterocycles. The molecule has 7 heteroatoms. The van der Waals surface area contributed by atoms with Crippen molar-refractivity contribution in [3.8, 4) is 11.5 Å². The van der Waals surface area contributed by atoms with Crippen molar-refractivity contribution in [1.82, 2.24) is 15.1 Å². The first kappa shape index (κ1) is 15.0. The van der Waals surface area contributed by atoms with Gasteiger partial charge in [0.2, 0.25) is 17.7 Å². The number of benzene rings is 1. The molecular formula is C15H17ClN4O2. The molecule has 6 nitrogen and oxygen atoms in total. The van der Waals surface area contributed by atoms with E-state index in [4.69, 9.17) is 21.8 Å². The highest BCUT2D eigenvalue weighted by Gasteiger charge is 2.25. The van der Waals surface area contributed by atoms with Gasteiger partial charge in [-0.3, -0.25) is 9.69 Å². The summed E-state index contributed by atoms with van der Waals surface area (Å²) in [7, 11) is 0. The average molecular weight is 321 g/mol. The predicted octanol–water partition coefficient (Wildman–Crippen LogP) is 2.09. The van der Waals surface area contributed by atoms with Crippen LogP contribution in [0.3, 0.4) is 0 Å². The third-order valence-corrected chi connectivity index (χ3v) is 4.08. The molecule has 1 amide bonds. The third kappa shape index (κ3) is 3.45. The number of carbonyl (C=O) groups is 1. The molecule has 1 saturated heterocycles. The van der Waals surface area contributed by atoms with Crippen LogP contribution in [0.2, 0.25) is 5.02 Å². The fraction of sp³-hybridized carbons (Fsp3) is 0.400. The molecule has 2 heterocycles. The number of amides is 1. The van der Waals surface area contributed by atoms with Crippen molar-refractivity contribution < 1.29 is 9.21 Å². The highest BCUT2D eigenvalue weighted by molar-refractivity contribution is 6.30. The van der Waals surface area contributed by atoms with Crippen LogP contribution >= 0.6 is 11.6 Å². The van der Waals surface area contributed by atoms with Gasteiger partial charge in [0.15, 0.2) is 0 Å². The van der Waals surface area contributed by atoms with Crippen molar-refractivity contribution in [2.45, 2.75) is 19.4 Å². The van der Waals surface area contributed by atoms with Crippen LogP contribution in [0, 0.1) is 5.92 Å². The van der Waals surface area contributed by atoms with Crippen molar-refractivity contribution in [1.29, 1.82) is 0 Å². The first-order valence-corrected chi connectivity index (χ1v) is 7.59. The van der Waals surface area contributed by atoms with Crippen LogP contribution in [0.25, 0.3) is 11.5 Å². The quantitative estimate of drug-likeness (QED) is 0.932. The second-order valence-electron chi connectivity index (χ2n) is 5.48. The van der Waals surface area contributed by atoms with Crippen LogP contribution in [-0.4, -0.2) is 34.1 Å². The zero-order valence-electron chi connectivity index (χ0n) is 12.0. The van der Waals surface area contributed by atoms with Crippen LogP contribution in [0.5, 0.6) is 0 Å². The number of hydrogen-bond donors (Lipinski definition) is 1. The molecule has 0 unspecified atom stereocenters. The molecule has 1 aliphatic heterocycles. The van der Waals surface area contributed by atoms with Gasteiger partial charge in [0.25, 0.3) is 0 Å². The van der Waals surface area contributed by atoms with Gasteiger partial charge >= 0.3 is 0 Å². The summed E-state index contributed by atoms with van der Waals surface area (Å²) in [5.74, 6) is 0.676. The number of piperidine rings is 1. The fourth-order valence-corrected chi connectivity index (χ4v) is 2.78. The standard InChI is InChI=1S/C15H17ClN4O2/c16-12-5-3-10(4-6-12)15-19-18-13(22-15)9-20-7-1-2-11(8-20)14(17)21/h3-6,11H,1-2,7-9H2,(H2,17,21)/t11-/m1/s1. The summed E-state index contributed by atoms with van der Waals surface area (Å²) in [6.45, 7) is 2.08. The van der Waals surface area contributed by atoms with Crippen LogP contribution in [0.1, 0.15) is 18.7 Å². The molecule has 0 radical (unpaired) electrons. The van der Waals surface area contributed by atoms with Gasteiger partial charge in [0, 0.05) is 17.1 Å². The van der Waals surface area contributed by atoms with Crippen molar-refractivity contribution >= 4 is 17.5 Å². The number of nitrogens with zero attached hydrogens (tertiary/aromatic N) is 3. The van der Waals surface area contributed by atoms with Crippen LogP contribution in [0.15, 0.2) is 28.7 Å². The van der Waals surface area contributed by atoms with E-state index in [-0.39, 0.29) is 11.8 Å². The number of aromatic nitrogens is 2. The Morgan fingerprint density at radius 3 is 2.86 bits per heavy atom. The van der Waals surface area contributed by atoms with E-state index < -0.39 is 0 Å². The van der Waals surface area contributed by atoms with Crippen LogP contribution < -0.4 is 5.73 Å². The maximum atomic E-state index is 11.3. The highest BCUT2D eigenvalue weighted by Crippen LogP contribution is 2.22. The first-order valence-electron chi connectivity index (χ1n) is 7.22. The average Bonchev–Trinajstić information content (AvgIpc) is 2.96. The molecule has 1 aliphatic rings. The van der Waals surface area contributed by atoms with E-state index in [1.54, 1.807) is 12.1 Å². The minimum absolute atomic E-state index is 0.0904. The van der Waals surface area contributed by atoms with Gasteiger partial charge in [0.05, 0.1) is 12.5 Å². The lowest BCUT2D eigenvalue weighted by molar-refractivity contribution is -0.123. The smallest absolute Gasteiger partial charge is 0.247 e. The van der Waals surface area contributed by atoms with Gasteiger partial charge in [-0.25, -0.2) is 0 Å². The van der Waals surface area contributed by atoms with E-state index in [2.05, 4.69) is 15.1 Å². The monoisotopic (exact) mass is 320 g/mol. The molecule has 2 N–H and O–H groups in total. The van der Waals surface area contributed by atoms with E-state index in [0.29, 0.717) is 29.9 Å². The highest BCUT2D eigenvalue weighted by atomic mass is 35.5. The number of primary amides is 1. The Morgan fingerprint density at radius 1 is 1.36 bits per heavy atom. The van der Waals surface area contributed by atoms with Gasteiger partial charge in [0.1, 0.15) is 0 Å². The molecule has 2 aromatic rings. The normalized spacial score (nSPS) is 19.2. The van der Waals surface area contributed by atoms with Crippen LogP contribution in [-0.2, 0) is 11.3 Å². The Hall–Kier alpha value is -1.92. The lowest BCUT2D eigenvalue weighted by Gasteiger charge is -2.29. The summed E-state index contributed by atoms with van der Waals surface area (Å²) in [6, 6.07) is 7.24. The van der Waals surface area contributed by atoms with E-state index in [0.717, 1.165) is 24.9 Å². The Bertz CT molecular complexity index is 656. The van der Waals surface area contributed by atoms with Crippen molar-refractivity contribution in [2.75, 3.05) is 13.1 Å². The Balaban J connectivity index is 1.66. The van der Waals surface area contributed by atoms with E-state index >= 15 is 0 Å².